The van der Waals surface area contributed by atoms with Crippen LogP contribution in [0.3, 0.4) is 0 Å². The Bertz CT molecular complexity index is 623. The predicted octanol–water partition coefficient (Wildman–Crippen LogP) is 2.80. The van der Waals surface area contributed by atoms with Crippen molar-refractivity contribution in [3.05, 3.63) is 35.3 Å². The molecule has 1 aromatic carbocycles. The van der Waals surface area contributed by atoms with Crippen LogP contribution in [0.25, 0.3) is 0 Å². The molecule has 0 atom stereocenters. The van der Waals surface area contributed by atoms with E-state index in [9.17, 15) is 8.42 Å². The van der Waals surface area contributed by atoms with Gasteiger partial charge in [0.25, 0.3) is 0 Å². The summed E-state index contributed by atoms with van der Waals surface area (Å²) < 4.78 is 24.9. The minimum atomic E-state index is -3.16. The highest BCUT2D eigenvalue weighted by atomic mass is 32.2. The molecule has 1 heterocycles. The fourth-order valence-electron chi connectivity index (χ4n) is 1.49. The van der Waals surface area contributed by atoms with E-state index in [0.29, 0.717) is 11.3 Å². The van der Waals surface area contributed by atoms with Crippen molar-refractivity contribution in [2.75, 3.05) is 11.5 Å². The molecule has 0 unspecified atom stereocenters. The standard InChI is InChI=1S/C12H14N2O2S3/c1-10-13-14-12(18-10)17-8-5-9-19(15,16)11-6-3-2-4-7-11/h2-4,6-7H,5,8-9H2,1H3. The molecule has 0 aliphatic carbocycles. The van der Waals surface area contributed by atoms with Crippen LogP contribution >= 0.6 is 23.1 Å². The molecule has 0 N–H and O–H groups in total. The molecule has 0 amide bonds. The summed E-state index contributed by atoms with van der Waals surface area (Å²) in [5.41, 5.74) is 0. The molecule has 0 fully saturated rings. The Morgan fingerprint density at radius 2 is 1.95 bits per heavy atom. The predicted molar refractivity (Wildman–Crippen MR) is 78.5 cm³/mol. The van der Waals surface area contributed by atoms with Crippen molar-refractivity contribution in [1.29, 1.82) is 0 Å². The Morgan fingerprint density at radius 3 is 2.58 bits per heavy atom. The van der Waals surface area contributed by atoms with E-state index in [-0.39, 0.29) is 5.75 Å². The molecule has 0 aliphatic heterocycles. The first-order valence-corrected chi connectivity index (χ1v) is 9.24. The molecule has 19 heavy (non-hydrogen) atoms. The number of benzene rings is 1. The summed E-state index contributed by atoms with van der Waals surface area (Å²) in [4.78, 5) is 0.395. The highest BCUT2D eigenvalue weighted by molar-refractivity contribution is 8.01. The van der Waals surface area contributed by atoms with Gasteiger partial charge in [-0.2, -0.15) is 0 Å². The number of aryl methyl sites for hydroxylation is 1. The number of aromatic nitrogens is 2. The summed E-state index contributed by atoms with van der Waals surface area (Å²) in [6.45, 7) is 1.90. The van der Waals surface area contributed by atoms with Gasteiger partial charge in [0.2, 0.25) is 0 Å². The smallest absolute Gasteiger partial charge is 0.178 e. The number of hydrogen-bond acceptors (Lipinski definition) is 6. The Kier molecular flexibility index (Phi) is 4.95. The second-order valence-electron chi connectivity index (χ2n) is 3.92. The fourth-order valence-corrected chi connectivity index (χ4v) is 4.83. The second kappa shape index (κ2) is 6.49. The third kappa shape index (κ3) is 4.29. The zero-order valence-corrected chi connectivity index (χ0v) is 12.9. The first-order valence-electron chi connectivity index (χ1n) is 5.79. The van der Waals surface area contributed by atoms with Crippen LogP contribution in [0.2, 0.25) is 0 Å². The van der Waals surface area contributed by atoms with Crippen LogP contribution in [-0.2, 0) is 9.84 Å². The lowest BCUT2D eigenvalue weighted by Gasteiger charge is -2.03. The fraction of sp³-hybridized carbons (Fsp3) is 0.333. The zero-order chi connectivity index (χ0) is 13.7. The third-order valence-electron chi connectivity index (χ3n) is 2.39. The SMILES string of the molecule is Cc1nnc(SCCCS(=O)(=O)c2ccccc2)s1. The van der Waals surface area contributed by atoms with Crippen molar-refractivity contribution in [3.8, 4) is 0 Å². The van der Waals surface area contributed by atoms with Crippen molar-refractivity contribution in [2.45, 2.75) is 22.6 Å². The zero-order valence-electron chi connectivity index (χ0n) is 10.4. The summed E-state index contributed by atoms with van der Waals surface area (Å²) in [6.07, 6.45) is 0.612. The van der Waals surface area contributed by atoms with Gasteiger partial charge in [0.05, 0.1) is 10.6 Å². The van der Waals surface area contributed by atoms with Gasteiger partial charge in [-0.05, 0) is 25.5 Å². The molecule has 7 heteroatoms. The number of hydrogen-bond donors (Lipinski definition) is 0. The van der Waals surface area contributed by atoms with Gasteiger partial charge in [0, 0.05) is 5.75 Å². The van der Waals surface area contributed by atoms with Crippen LogP contribution in [0.4, 0.5) is 0 Å². The van der Waals surface area contributed by atoms with Crippen LogP contribution in [-0.4, -0.2) is 30.1 Å². The highest BCUT2D eigenvalue weighted by Gasteiger charge is 2.13. The lowest BCUT2D eigenvalue weighted by molar-refractivity contribution is 0.595. The molecule has 4 nitrogen and oxygen atoms in total. The summed E-state index contributed by atoms with van der Waals surface area (Å²) in [5.74, 6) is 0.905. The lowest BCUT2D eigenvalue weighted by Crippen LogP contribution is -2.07. The third-order valence-corrected chi connectivity index (χ3v) is 6.27. The van der Waals surface area contributed by atoms with Crippen molar-refractivity contribution in [2.24, 2.45) is 0 Å². The van der Waals surface area contributed by atoms with E-state index < -0.39 is 9.84 Å². The Labute approximate surface area is 121 Å². The largest absolute Gasteiger partial charge is 0.224 e. The van der Waals surface area contributed by atoms with E-state index in [2.05, 4.69) is 10.2 Å². The van der Waals surface area contributed by atoms with Crippen LogP contribution in [0.1, 0.15) is 11.4 Å². The van der Waals surface area contributed by atoms with Crippen LogP contribution < -0.4 is 0 Å². The van der Waals surface area contributed by atoms with Crippen LogP contribution in [0, 0.1) is 6.92 Å². The van der Waals surface area contributed by atoms with Crippen LogP contribution in [0.5, 0.6) is 0 Å². The van der Waals surface area contributed by atoms with Gasteiger partial charge < -0.3 is 0 Å². The Balaban J connectivity index is 1.82. The maximum atomic E-state index is 12.0. The Hall–Kier alpha value is -0.920. The molecule has 0 bridgehead atoms. The molecule has 0 radical (unpaired) electrons. The van der Waals surface area contributed by atoms with Gasteiger partial charge in [-0.3, -0.25) is 0 Å². The normalized spacial score (nSPS) is 11.6. The molecule has 1 aromatic heterocycles. The van der Waals surface area contributed by atoms with Gasteiger partial charge in [0.1, 0.15) is 5.01 Å². The molecule has 2 rings (SSSR count). The van der Waals surface area contributed by atoms with Gasteiger partial charge in [-0.1, -0.05) is 41.3 Å². The van der Waals surface area contributed by atoms with Gasteiger partial charge in [-0.25, -0.2) is 8.42 Å². The second-order valence-corrected chi connectivity index (χ2v) is 8.55. The van der Waals surface area contributed by atoms with Crippen molar-refractivity contribution < 1.29 is 8.42 Å². The van der Waals surface area contributed by atoms with E-state index >= 15 is 0 Å². The van der Waals surface area contributed by atoms with E-state index in [1.165, 1.54) is 11.3 Å². The van der Waals surface area contributed by atoms with Gasteiger partial charge in [0.15, 0.2) is 14.2 Å². The average Bonchev–Trinajstić information content (AvgIpc) is 2.82. The lowest BCUT2D eigenvalue weighted by atomic mass is 10.4. The summed E-state index contributed by atoms with van der Waals surface area (Å²) in [7, 11) is -3.16. The van der Waals surface area contributed by atoms with E-state index in [4.69, 9.17) is 0 Å². The molecular formula is C12H14N2O2S3. The van der Waals surface area contributed by atoms with E-state index in [1.54, 1.807) is 36.0 Å². The number of thioether (sulfide) groups is 1. The van der Waals surface area contributed by atoms with Gasteiger partial charge >= 0.3 is 0 Å². The molecular weight excluding hydrogens is 300 g/mol. The molecule has 102 valence electrons. The maximum absolute atomic E-state index is 12.0. The molecule has 0 saturated heterocycles. The molecule has 0 saturated carbocycles. The minimum Gasteiger partial charge on any atom is -0.224 e. The van der Waals surface area contributed by atoms with Gasteiger partial charge in [-0.15, -0.1) is 10.2 Å². The van der Waals surface area contributed by atoms with Crippen LogP contribution in [0.15, 0.2) is 39.6 Å². The Morgan fingerprint density at radius 1 is 1.21 bits per heavy atom. The number of sulfone groups is 1. The molecule has 0 aliphatic rings. The molecule has 0 spiro atoms. The summed E-state index contributed by atoms with van der Waals surface area (Å²) >= 11 is 3.09. The highest BCUT2D eigenvalue weighted by Crippen LogP contribution is 2.23. The first kappa shape index (κ1) is 14.5. The first-order chi connectivity index (χ1) is 9.08. The maximum Gasteiger partial charge on any atom is 0.178 e. The monoisotopic (exact) mass is 314 g/mol. The van der Waals surface area contributed by atoms with Crippen molar-refractivity contribution in [1.82, 2.24) is 10.2 Å². The molecule has 2 aromatic rings. The van der Waals surface area contributed by atoms with E-state index in [0.717, 1.165) is 15.1 Å². The average molecular weight is 314 g/mol. The topological polar surface area (TPSA) is 59.9 Å². The minimum absolute atomic E-state index is 0.168. The summed E-state index contributed by atoms with van der Waals surface area (Å²) in [5, 5.41) is 8.84. The van der Waals surface area contributed by atoms with Crippen molar-refractivity contribution >= 4 is 32.9 Å². The van der Waals surface area contributed by atoms with Crippen molar-refractivity contribution in [3.63, 3.8) is 0 Å². The summed E-state index contributed by atoms with van der Waals surface area (Å²) in [6, 6.07) is 8.57. The van der Waals surface area contributed by atoms with E-state index in [1.807, 2.05) is 13.0 Å². The number of rotatable bonds is 6. The number of nitrogens with zero attached hydrogens (tertiary/aromatic N) is 2. The quantitative estimate of drug-likeness (QED) is 0.606.